The van der Waals surface area contributed by atoms with Gasteiger partial charge in [-0.2, -0.15) is 0 Å². The summed E-state index contributed by atoms with van der Waals surface area (Å²) < 4.78 is 7.03. The molecule has 0 fully saturated rings. The average molecular weight is 287 g/mol. The van der Waals surface area contributed by atoms with Crippen LogP contribution < -0.4 is 11.1 Å². The van der Waals surface area contributed by atoms with Gasteiger partial charge in [0.2, 0.25) is 11.9 Å². The predicted molar refractivity (Wildman–Crippen MR) is 74.9 cm³/mol. The predicted octanol–water partition coefficient (Wildman–Crippen LogP) is 0.421. The molecule has 1 aromatic heterocycles. The lowest BCUT2D eigenvalue weighted by molar-refractivity contribution is -0.118. The quantitative estimate of drug-likeness (QED) is 0.531. The van der Waals surface area contributed by atoms with E-state index in [0.717, 1.165) is 6.42 Å². The highest BCUT2D eigenvalue weighted by Gasteiger charge is 2.08. The largest absolute Gasteiger partial charge is 0.379 e. The number of ether oxygens (including phenoxy) is 1. The smallest absolute Gasteiger partial charge is 0.230 e. The second-order valence-electron chi connectivity index (χ2n) is 4.31. The maximum Gasteiger partial charge on any atom is 0.230 e. The molecular formula is C11H21N5O2S. The van der Waals surface area contributed by atoms with Crippen molar-refractivity contribution >= 4 is 23.6 Å². The van der Waals surface area contributed by atoms with Crippen LogP contribution in [0.3, 0.4) is 0 Å². The van der Waals surface area contributed by atoms with Crippen LogP contribution in [0.5, 0.6) is 0 Å². The van der Waals surface area contributed by atoms with E-state index in [2.05, 4.69) is 15.5 Å². The molecule has 0 aliphatic heterocycles. The zero-order valence-corrected chi connectivity index (χ0v) is 12.4. The van der Waals surface area contributed by atoms with Crippen molar-refractivity contribution in [1.29, 1.82) is 0 Å². The first-order valence-electron chi connectivity index (χ1n) is 6.16. The molecule has 0 saturated carbocycles. The van der Waals surface area contributed by atoms with Gasteiger partial charge >= 0.3 is 0 Å². The number of anilines is 1. The van der Waals surface area contributed by atoms with Gasteiger partial charge in [0.1, 0.15) is 0 Å². The minimum atomic E-state index is -0.0314. The van der Waals surface area contributed by atoms with E-state index < -0.39 is 0 Å². The Morgan fingerprint density at radius 2 is 2.26 bits per heavy atom. The first-order valence-corrected chi connectivity index (χ1v) is 7.15. The summed E-state index contributed by atoms with van der Waals surface area (Å²) in [6, 6.07) is 0. The molecular weight excluding hydrogens is 266 g/mol. The van der Waals surface area contributed by atoms with Crippen LogP contribution in [0.25, 0.3) is 0 Å². The summed E-state index contributed by atoms with van der Waals surface area (Å²) in [4.78, 5) is 11.6. The minimum Gasteiger partial charge on any atom is -0.379 e. The minimum absolute atomic E-state index is 0.0314. The van der Waals surface area contributed by atoms with E-state index >= 15 is 0 Å². The van der Waals surface area contributed by atoms with Crippen LogP contribution in [-0.4, -0.2) is 45.7 Å². The molecule has 19 heavy (non-hydrogen) atoms. The number of thioether (sulfide) groups is 1. The Bertz CT molecular complexity index is 408. The van der Waals surface area contributed by atoms with E-state index in [4.69, 9.17) is 10.5 Å². The van der Waals surface area contributed by atoms with Crippen LogP contribution in [0.1, 0.15) is 20.3 Å². The van der Waals surface area contributed by atoms with Crippen LogP contribution in [0, 0.1) is 0 Å². The lowest BCUT2D eigenvalue weighted by Crippen LogP contribution is -2.27. The lowest BCUT2D eigenvalue weighted by atomic mass is 10.4. The summed E-state index contributed by atoms with van der Waals surface area (Å²) in [5, 5.41) is 11.0. The Balaban J connectivity index is 2.13. The number of nitrogens with zero attached hydrogens (tertiary/aromatic N) is 3. The van der Waals surface area contributed by atoms with Crippen molar-refractivity contribution in [3.8, 4) is 0 Å². The van der Waals surface area contributed by atoms with Crippen LogP contribution in [0.15, 0.2) is 5.16 Å². The normalized spacial score (nSPS) is 10.9. The number of amides is 1. The third kappa shape index (κ3) is 5.93. The monoisotopic (exact) mass is 287 g/mol. The van der Waals surface area contributed by atoms with Crippen molar-refractivity contribution in [3.05, 3.63) is 0 Å². The molecule has 0 atom stereocenters. The highest BCUT2D eigenvalue weighted by Crippen LogP contribution is 2.15. The van der Waals surface area contributed by atoms with E-state index in [1.54, 1.807) is 11.6 Å². The number of carbonyl (C=O) groups is 1. The second kappa shape index (κ2) is 8.00. The Hall–Kier alpha value is -1.28. The van der Waals surface area contributed by atoms with Crippen molar-refractivity contribution in [2.75, 3.05) is 24.6 Å². The standard InChI is InChI=1S/C11H21N5O2S/c1-8(2)18-6-4-5-13-9(17)7-19-11-15-14-10(12)16(11)3/h8H,4-7H2,1-3H3,(H2,12,14)(H,13,17). The Morgan fingerprint density at radius 3 is 2.84 bits per heavy atom. The molecule has 1 heterocycles. The molecule has 8 heteroatoms. The Kier molecular flexibility index (Phi) is 6.65. The van der Waals surface area contributed by atoms with Gasteiger partial charge in [0.05, 0.1) is 11.9 Å². The van der Waals surface area contributed by atoms with Crippen molar-refractivity contribution in [2.24, 2.45) is 7.05 Å². The van der Waals surface area contributed by atoms with Crippen LogP contribution in [-0.2, 0) is 16.6 Å². The van der Waals surface area contributed by atoms with Crippen molar-refractivity contribution < 1.29 is 9.53 Å². The number of hydrogen-bond acceptors (Lipinski definition) is 6. The van der Waals surface area contributed by atoms with E-state index in [0.29, 0.717) is 30.0 Å². The Labute approximate surface area is 117 Å². The number of nitrogen functional groups attached to an aromatic ring is 1. The van der Waals surface area contributed by atoms with Gasteiger partial charge < -0.3 is 15.8 Å². The molecule has 0 unspecified atom stereocenters. The average Bonchev–Trinajstić information content (AvgIpc) is 2.67. The molecule has 1 amide bonds. The Morgan fingerprint density at radius 1 is 1.53 bits per heavy atom. The maximum atomic E-state index is 11.6. The lowest BCUT2D eigenvalue weighted by Gasteiger charge is -2.08. The molecule has 1 rings (SSSR count). The van der Waals surface area contributed by atoms with Crippen LogP contribution in [0.2, 0.25) is 0 Å². The third-order valence-corrected chi connectivity index (χ3v) is 3.32. The molecule has 1 aromatic rings. The summed E-state index contributed by atoms with van der Waals surface area (Å²) in [5.74, 6) is 0.613. The first kappa shape index (κ1) is 15.8. The van der Waals surface area contributed by atoms with E-state index in [1.165, 1.54) is 11.8 Å². The zero-order valence-electron chi connectivity index (χ0n) is 11.5. The van der Waals surface area contributed by atoms with E-state index in [9.17, 15) is 4.79 Å². The molecule has 0 radical (unpaired) electrons. The van der Waals surface area contributed by atoms with Gasteiger partial charge in [0.15, 0.2) is 5.16 Å². The van der Waals surface area contributed by atoms with Gasteiger partial charge in [-0.25, -0.2) is 0 Å². The van der Waals surface area contributed by atoms with E-state index in [-0.39, 0.29) is 12.0 Å². The molecule has 0 spiro atoms. The van der Waals surface area contributed by atoms with E-state index in [1.807, 2.05) is 13.8 Å². The number of nitrogens with one attached hydrogen (secondary N) is 1. The molecule has 108 valence electrons. The third-order valence-electron chi connectivity index (χ3n) is 2.30. The van der Waals surface area contributed by atoms with Gasteiger partial charge in [0.25, 0.3) is 0 Å². The number of aromatic nitrogens is 3. The molecule has 0 aliphatic carbocycles. The number of rotatable bonds is 8. The highest BCUT2D eigenvalue weighted by atomic mass is 32.2. The topological polar surface area (TPSA) is 95.1 Å². The maximum absolute atomic E-state index is 11.6. The SMILES string of the molecule is CC(C)OCCCNC(=O)CSc1nnc(N)n1C. The summed E-state index contributed by atoms with van der Waals surface area (Å²) in [6.07, 6.45) is 1.04. The summed E-state index contributed by atoms with van der Waals surface area (Å²) in [5.41, 5.74) is 5.55. The van der Waals surface area contributed by atoms with Gasteiger partial charge in [0, 0.05) is 20.2 Å². The zero-order chi connectivity index (χ0) is 14.3. The fourth-order valence-electron chi connectivity index (χ4n) is 1.25. The number of hydrogen-bond donors (Lipinski definition) is 2. The van der Waals surface area contributed by atoms with Crippen molar-refractivity contribution in [2.45, 2.75) is 31.5 Å². The summed E-state index contributed by atoms with van der Waals surface area (Å²) in [6.45, 7) is 5.25. The van der Waals surface area contributed by atoms with Gasteiger partial charge in [-0.3, -0.25) is 9.36 Å². The number of carbonyl (C=O) groups excluding carboxylic acids is 1. The highest BCUT2D eigenvalue weighted by molar-refractivity contribution is 7.99. The molecule has 0 saturated heterocycles. The van der Waals surface area contributed by atoms with Crippen LogP contribution in [0.4, 0.5) is 5.95 Å². The van der Waals surface area contributed by atoms with Crippen molar-refractivity contribution in [3.63, 3.8) is 0 Å². The van der Waals surface area contributed by atoms with Gasteiger partial charge in [-0.05, 0) is 20.3 Å². The van der Waals surface area contributed by atoms with Gasteiger partial charge in [-0.1, -0.05) is 11.8 Å². The van der Waals surface area contributed by atoms with Crippen LogP contribution >= 0.6 is 11.8 Å². The first-order chi connectivity index (χ1) is 9.00. The number of nitrogens with two attached hydrogens (primary N) is 1. The summed E-state index contributed by atoms with van der Waals surface area (Å²) in [7, 11) is 1.76. The molecule has 0 aromatic carbocycles. The summed E-state index contributed by atoms with van der Waals surface area (Å²) >= 11 is 1.31. The molecule has 0 bridgehead atoms. The van der Waals surface area contributed by atoms with Crippen molar-refractivity contribution in [1.82, 2.24) is 20.1 Å². The second-order valence-corrected chi connectivity index (χ2v) is 5.25. The molecule has 3 N–H and O–H groups in total. The fraction of sp³-hybridized carbons (Fsp3) is 0.727. The van der Waals surface area contributed by atoms with Gasteiger partial charge in [-0.15, -0.1) is 10.2 Å². The molecule has 0 aliphatic rings. The fourth-order valence-corrected chi connectivity index (χ4v) is 2.00. The molecule has 7 nitrogen and oxygen atoms in total.